The van der Waals surface area contributed by atoms with E-state index in [0.717, 1.165) is 17.8 Å². The van der Waals surface area contributed by atoms with E-state index in [-0.39, 0.29) is 15.9 Å². The Bertz CT molecular complexity index is 478. The largest absolute Gasteiger partial charge is 0.465 e. The molecule has 0 bridgehead atoms. The van der Waals surface area contributed by atoms with Crippen LogP contribution in [0.4, 0.5) is 5.13 Å². The van der Waals surface area contributed by atoms with Crippen LogP contribution in [0.2, 0.25) is 5.15 Å². The van der Waals surface area contributed by atoms with Gasteiger partial charge in [-0.05, 0) is 5.92 Å². The number of hydrogen-bond donors (Lipinski definition) is 2. The molecule has 0 aliphatic rings. The van der Waals surface area contributed by atoms with Gasteiger partial charge in [0.25, 0.3) is 0 Å². The summed E-state index contributed by atoms with van der Waals surface area (Å²) < 4.78 is 4.58. The quantitative estimate of drug-likeness (QED) is 0.783. The van der Waals surface area contributed by atoms with Gasteiger partial charge in [-0.1, -0.05) is 43.2 Å². The summed E-state index contributed by atoms with van der Waals surface area (Å²) in [6.07, 6.45) is 0.781. The summed E-state index contributed by atoms with van der Waals surface area (Å²) in [4.78, 5) is 27.0. The van der Waals surface area contributed by atoms with Crippen LogP contribution in [0, 0.1) is 5.92 Å². The van der Waals surface area contributed by atoms with Gasteiger partial charge < -0.3 is 15.8 Å². The maximum atomic E-state index is 11.4. The number of carbonyl (C=O) groups is 2. The summed E-state index contributed by atoms with van der Waals surface area (Å²) in [5.74, 6) is -0.989. The van der Waals surface area contributed by atoms with Crippen molar-refractivity contribution in [2.45, 2.75) is 26.3 Å². The molecule has 0 aromatic carbocycles. The smallest absolute Gasteiger partial charge is 0.351 e. The molecule has 106 valence electrons. The lowest BCUT2D eigenvalue weighted by molar-refractivity contribution is -0.119. The van der Waals surface area contributed by atoms with E-state index in [0.29, 0.717) is 5.13 Å². The molecule has 0 aliphatic heterocycles. The summed E-state index contributed by atoms with van der Waals surface area (Å²) in [5.41, 5.74) is 5.34. The molecule has 6 nitrogen and oxygen atoms in total. The molecular formula is C11H16ClN3O3S. The molecule has 1 amide bonds. The Morgan fingerprint density at radius 2 is 2.21 bits per heavy atom. The van der Waals surface area contributed by atoms with E-state index in [4.69, 9.17) is 17.3 Å². The zero-order chi connectivity index (χ0) is 14.6. The van der Waals surface area contributed by atoms with Crippen molar-refractivity contribution in [1.29, 1.82) is 0 Å². The molecule has 1 rings (SSSR count). The zero-order valence-electron chi connectivity index (χ0n) is 10.9. The predicted octanol–water partition coefficient (Wildman–Crippen LogP) is 1.89. The van der Waals surface area contributed by atoms with Crippen molar-refractivity contribution in [2.75, 3.05) is 12.4 Å². The molecule has 1 heterocycles. The van der Waals surface area contributed by atoms with Crippen LogP contribution in [0.15, 0.2) is 0 Å². The fraction of sp³-hybridized carbons (Fsp3) is 0.545. The van der Waals surface area contributed by atoms with Crippen LogP contribution in [0.1, 0.15) is 29.9 Å². The van der Waals surface area contributed by atoms with Crippen LogP contribution in [0.3, 0.4) is 0 Å². The van der Waals surface area contributed by atoms with E-state index in [1.165, 1.54) is 7.11 Å². The minimum atomic E-state index is -0.560. The zero-order valence-corrected chi connectivity index (χ0v) is 12.5. The molecule has 0 aliphatic carbocycles. The van der Waals surface area contributed by atoms with Gasteiger partial charge in [-0.2, -0.15) is 0 Å². The summed E-state index contributed by atoms with van der Waals surface area (Å²) in [6, 6.07) is -0.558. The summed E-state index contributed by atoms with van der Waals surface area (Å²) in [6.45, 7) is 3.86. The van der Waals surface area contributed by atoms with Crippen LogP contribution in [-0.4, -0.2) is 30.0 Å². The molecule has 19 heavy (non-hydrogen) atoms. The number of primary amides is 1. The Balaban J connectivity index is 2.92. The maximum Gasteiger partial charge on any atom is 0.351 e. The van der Waals surface area contributed by atoms with Crippen molar-refractivity contribution in [3.8, 4) is 0 Å². The number of methoxy groups -OCH3 is 1. The Morgan fingerprint density at radius 3 is 2.68 bits per heavy atom. The number of halogens is 1. The van der Waals surface area contributed by atoms with Gasteiger partial charge in [0.05, 0.1) is 7.11 Å². The average Bonchev–Trinajstić information content (AvgIpc) is 2.74. The topological polar surface area (TPSA) is 94.3 Å². The number of amides is 1. The lowest BCUT2D eigenvalue weighted by atomic mass is 9.99. The number of nitrogens with zero attached hydrogens (tertiary/aromatic N) is 1. The summed E-state index contributed by atoms with van der Waals surface area (Å²) >= 11 is 6.87. The third-order valence-corrected chi connectivity index (χ3v) is 4.11. The molecular weight excluding hydrogens is 290 g/mol. The van der Waals surface area contributed by atoms with Crippen molar-refractivity contribution in [1.82, 2.24) is 4.98 Å². The van der Waals surface area contributed by atoms with Gasteiger partial charge in [0.2, 0.25) is 5.91 Å². The van der Waals surface area contributed by atoms with Gasteiger partial charge >= 0.3 is 5.97 Å². The number of ether oxygens (including phenoxy) is 1. The Kier molecular flexibility index (Phi) is 5.56. The van der Waals surface area contributed by atoms with Crippen molar-refractivity contribution >= 4 is 39.9 Å². The molecule has 3 N–H and O–H groups in total. The van der Waals surface area contributed by atoms with E-state index in [2.05, 4.69) is 15.0 Å². The molecule has 8 heteroatoms. The van der Waals surface area contributed by atoms with Crippen LogP contribution in [0.25, 0.3) is 0 Å². The third kappa shape index (κ3) is 3.81. The van der Waals surface area contributed by atoms with E-state index in [1.54, 1.807) is 0 Å². The number of hydrogen-bond acceptors (Lipinski definition) is 6. The second kappa shape index (κ2) is 6.72. The lowest BCUT2D eigenvalue weighted by Gasteiger charge is -2.20. The molecule has 2 atom stereocenters. The highest BCUT2D eigenvalue weighted by Gasteiger charge is 2.24. The first-order chi connectivity index (χ1) is 8.90. The molecule has 0 saturated carbocycles. The molecule has 1 aromatic rings. The predicted molar refractivity (Wildman–Crippen MR) is 74.5 cm³/mol. The van der Waals surface area contributed by atoms with Crippen LogP contribution in [-0.2, 0) is 9.53 Å². The number of nitrogens with one attached hydrogen (secondary N) is 1. The van der Waals surface area contributed by atoms with E-state index >= 15 is 0 Å². The molecule has 0 spiro atoms. The van der Waals surface area contributed by atoms with E-state index in [9.17, 15) is 9.59 Å². The number of carbonyl (C=O) groups excluding carboxylic acids is 2. The number of esters is 1. The van der Waals surface area contributed by atoms with Crippen LogP contribution >= 0.6 is 22.9 Å². The van der Waals surface area contributed by atoms with Crippen LogP contribution < -0.4 is 11.1 Å². The molecule has 0 saturated heterocycles. The van der Waals surface area contributed by atoms with Gasteiger partial charge in [-0.15, -0.1) is 0 Å². The minimum Gasteiger partial charge on any atom is -0.465 e. The molecule has 0 fully saturated rings. The van der Waals surface area contributed by atoms with Crippen molar-refractivity contribution < 1.29 is 14.3 Å². The Labute approximate surface area is 120 Å². The standard InChI is InChI=1S/C11H16ClN3O3S/c1-4-5(2)6(9(13)16)14-11-15-8(12)7(19-11)10(17)18-3/h5-6H,4H2,1-3H3,(H2,13,16)(H,14,15). The number of anilines is 1. The highest BCUT2D eigenvalue weighted by molar-refractivity contribution is 7.18. The fourth-order valence-corrected chi connectivity index (χ4v) is 2.58. The van der Waals surface area contributed by atoms with Gasteiger partial charge in [-0.25, -0.2) is 9.78 Å². The minimum absolute atomic E-state index is 0.0433. The SMILES string of the molecule is CCC(C)C(Nc1nc(Cl)c(C(=O)OC)s1)C(N)=O. The second-order valence-corrected chi connectivity index (χ2v) is 5.40. The van der Waals surface area contributed by atoms with Gasteiger partial charge in [0.1, 0.15) is 6.04 Å². The van der Waals surface area contributed by atoms with Gasteiger partial charge in [0.15, 0.2) is 15.2 Å². The van der Waals surface area contributed by atoms with Gasteiger partial charge in [-0.3, -0.25) is 4.79 Å². The lowest BCUT2D eigenvalue weighted by Crippen LogP contribution is -2.40. The molecule has 1 aromatic heterocycles. The maximum absolute atomic E-state index is 11.4. The third-order valence-electron chi connectivity index (χ3n) is 2.76. The summed E-state index contributed by atoms with van der Waals surface area (Å²) in [7, 11) is 1.26. The molecule has 0 radical (unpaired) electrons. The highest BCUT2D eigenvalue weighted by Crippen LogP contribution is 2.28. The first-order valence-corrected chi connectivity index (χ1v) is 6.90. The fourth-order valence-electron chi connectivity index (χ4n) is 1.44. The monoisotopic (exact) mass is 305 g/mol. The number of rotatable bonds is 6. The van der Waals surface area contributed by atoms with Crippen molar-refractivity contribution in [2.24, 2.45) is 11.7 Å². The normalized spacial score (nSPS) is 13.7. The Hall–Kier alpha value is -1.34. The second-order valence-electron chi connectivity index (χ2n) is 4.04. The van der Waals surface area contributed by atoms with E-state index < -0.39 is 17.9 Å². The number of nitrogens with two attached hydrogens (primary N) is 1. The highest BCUT2D eigenvalue weighted by atomic mass is 35.5. The first kappa shape index (κ1) is 15.7. The number of thiazole rings is 1. The van der Waals surface area contributed by atoms with Crippen LogP contribution in [0.5, 0.6) is 0 Å². The average molecular weight is 306 g/mol. The van der Waals surface area contributed by atoms with Crippen molar-refractivity contribution in [3.63, 3.8) is 0 Å². The first-order valence-electron chi connectivity index (χ1n) is 5.71. The van der Waals surface area contributed by atoms with Gasteiger partial charge in [0, 0.05) is 0 Å². The molecule has 2 unspecified atom stereocenters. The number of aromatic nitrogens is 1. The van der Waals surface area contributed by atoms with E-state index in [1.807, 2.05) is 13.8 Å². The summed E-state index contributed by atoms with van der Waals surface area (Å²) in [5, 5.41) is 3.33. The van der Waals surface area contributed by atoms with Crippen molar-refractivity contribution in [3.05, 3.63) is 10.0 Å². The Morgan fingerprint density at radius 1 is 1.58 bits per heavy atom.